The van der Waals surface area contributed by atoms with Crippen LogP contribution in [0.4, 0.5) is 14.5 Å². The molecule has 1 heterocycles. The highest BCUT2D eigenvalue weighted by Crippen LogP contribution is 2.39. The number of aliphatic hydroxyl groups is 1. The zero-order valence-corrected chi connectivity index (χ0v) is 9.50. The topological polar surface area (TPSA) is 49.3 Å². The van der Waals surface area contributed by atoms with E-state index in [1.807, 2.05) is 0 Å². The Morgan fingerprint density at radius 1 is 1.35 bits per heavy atom. The van der Waals surface area contributed by atoms with Gasteiger partial charge in [0.2, 0.25) is 5.91 Å². The second kappa shape index (κ2) is 3.77. The van der Waals surface area contributed by atoms with E-state index in [1.165, 1.54) is 12.1 Å². The Kier molecular flexibility index (Phi) is 2.66. The summed E-state index contributed by atoms with van der Waals surface area (Å²) in [4.78, 5) is 11.6. The first-order valence-corrected chi connectivity index (χ1v) is 5.26. The molecule has 0 spiro atoms. The van der Waals surface area contributed by atoms with Gasteiger partial charge in [-0.05, 0) is 37.1 Å². The van der Waals surface area contributed by atoms with Gasteiger partial charge in [-0.2, -0.15) is 0 Å². The summed E-state index contributed by atoms with van der Waals surface area (Å²) >= 11 is 0. The van der Waals surface area contributed by atoms with Gasteiger partial charge < -0.3 is 10.4 Å². The lowest BCUT2D eigenvalue weighted by Crippen LogP contribution is -2.27. The number of rotatable bonds is 2. The van der Waals surface area contributed by atoms with Crippen molar-refractivity contribution in [1.82, 2.24) is 0 Å². The van der Waals surface area contributed by atoms with Gasteiger partial charge in [0.15, 0.2) is 0 Å². The molecule has 2 N–H and O–H groups in total. The standard InChI is InChI=1S/C12H13F2NO2/c1-12(2)7-5-6(9(16)10(13)14)3-4-8(7)15-11(12)17/h3-5,9-10,16H,1-2H3,(H,15,17). The van der Waals surface area contributed by atoms with E-state index in [9.17, 15) is 18.7 Å². The minimum Gasteiger partial charge on any atom is -0.382 e. The number of aliphatic hydroxyl groups excluding tert-OH is 1. The van der Waals surface area contributed by atoms with E-state index in [0.717, 1.165) is 0 Å². The third-order valence-corrected chi connectivity index (χ3v) is 3.11. The maximum absolute atomic E-state index is 12.4. The molecule has 0 saturated carbocycles. The van der Waals surface area contributed by atoms with E-state index in [4.69, 9.17) is 0 Å². The summed E-state index contributed by atoms with van der Waals surface area (Å²) < 4.78 is 24.8. The summed E-state index contributed by atoms with van der Waals surface area (Å²) in [5, 5.41) is 12.0. The fraction of sp³-hybridized carbons (Fsp3) is 0.417. The molecule has 0 aromatic heterocycles. The number of carbonyl (C=O) groups is 1. The van der Waals surface area contributed by atoms with Crippen LogP contribution in [0.3, 0.4) is 0 Å². The van der Waals surface area contributed by atoms with E-state index in [0.29, 0.717) is 11.3 Å². The largest absolute Gasteiger partial charge is 0.382 e. The zero-order chi connectivity index (χ0) is 12.8. The maximum Gasteiger partial charge on any atom is 0.268 e. The molecule has 1 unspecified atom stereocenters. The van der Waals surface area contributed by atoms with E-state index in [1.54, 1.807) is 19.9 Å². The first-order valence-electron chi connectivity index (χ1n) is 5.26. The van der Waals surface area contributed by atoms with Crippen molar-refractivity contribution in [1.29, 1.82) is 0 Å². The Bertz CT molecular complexity index is 472. The molecule has 1 aliphatic heterocycles. The third kappa shape index (κ3) is 1.80. The molecule has 1 aromatic rings. The van der Waals surface area contributed by atoms with E-state index < -0.39 is 17.9 Å². The van der Waals surface area contributed by atoms with Gasteiger partial charge in [0, 0.05) is 5.69 Å². The minimum atomic E-state index is -2.83. The highest BCUT2D eigenvalue weighted by Gasteiger charge is 2.38. The Labute approximate surface area is 97.5 Å². The fourth-order valence-corrected chi connectivity index (χ4v) is 1.92. The van der Waals surface area contributed by atoms with Crippen molar-refractivity contribution < 1.29 is 18.7 Å². The van der Waals surface area contributed by atoms with Gasteiger partial charge in [0.25, 0.3) is 6.43 Å². The minimum absolute atomic E-state index is 0.128. The number of hydrogen-bond acceptors (Lipinski definition) is 2. The average Bonchev–Trinajstić information content (AvgIpc) is 2.49. The van der Waals surface area contributed by atoms with Crippen LogP contribution in [-0.4, -0.2) is 17.4 Å². The van der Waals surface area contributed by atoms with Crippen molar-refractivity contribution in [3.8, 4) is 0 Å². The number of benzene rings is 1. The summed E-state index contributed by atoms with van der Waals surface area (Å²) in [5.74, 6) is -0.170. The van der Waals surface area contributed by atoms with Gasteiger partial charge >= 0.3 is 0 Å². The molecule has 0 saturated heterocycles. The van der Waals surface area contributed by atoms with E-state index >= 15 is 0 Å². The van der Waals surface area contributed by atoms with Gasteiger partial charge in [-0.1, -0.05) is 6.07 Å². The molecule has 0 radical (unpaired) electrons. The van der Waals surface area contributed by atoms with Crippen LogP contribution in [0, 0.1) is 0 Å². The monoisotopic (exact) mass is 241 g/mol. The predicted molar refractivity (Wildman–Crippen MR) is 59.1 cm³/mol. The van der Waals surface area contributed by atoms with E-state index in [2.05, 4.69) is 5.32 Å². The quantitative estimate of drug-likeness (QED) is 0.834. The highest BCUT2D eigenvalue weighted by molar-refractivity contribution is 6.05. The molecule has 0 fully saturated rings. The highest BCUT2D eigenvalue weighted by atomic mass is 19.3. The first-order chi connectivity index (χ1) is 7.84. The van der Waals surface area contributed by atoms with Crippen LogP contribution < -0.4 is 5.32 Å². The van der Waals surface area contributed by atoms with Gasteiger partial charge in [0.1, 0.15) is 6.10 Å². The van der Waals surface area contributed by atoms with Crippen molar-refractivity contribution in [3.05, 3.63) is 29.3 Å². The fourth-order valence-electron chi connectivity index (χ4n) is 1.92. The van der Waals surface area contributed by atoms with Crippen LogP contribution >= 0.6 is 0 Å². The normalized spacial score (nSPS) is 19.1. The number of halogens is 2. The predicted octanol–water partition coefficient (Wildman–Crippen LogP) is 2.21. The van der Waals surface area contributed by atoms with Gasteiger partial charge in [-0.25, -0.2) is 8.78 Å². The number of alkyl halides is 2. The van der Waals surface area contributed by atoms with Gasteiger partial charge in [-0.15, -0.1) is 0 Å². The lowest BCUT2D eigenvalue weighted by molar-refractivity contribution is -0.119. The van der Waals surface area contributed by atoms with Crippen LogP contribution in [0.5, 0.6) is 0 Å². The van der Waals surface area contributed by atoms with Gasteiger partial charge in [-0.3, -0.25) is 4.79 Å². The lowest BCUT2D eigenvalue weighted by Gasteiger charge is -2.17. The molecular formula is C12H13F2NO2. The molecule has 1 atom stereocenters. The second-order valence-corrected chi connectivity index (χ2v) is 4.66. The van der Waals surface area contributed by atoms with Crippen LogP contribution in [-0.2, 0) is 10.2 Å². The van der Waals surface area contributed by atoms with Crippen molar-refractivity contribution in [3.63, 3.8) is 0 Å². The van der Waals surface area contributed by atoms with Crippen molar-refractivity contribution in [2.75, 3.05) is 5.32 Å². The van der Waals surface area contributed by atoms with Crippen LogP contribution in [0.2, 0.25) is 0 Å². The summed E-state index contributed by atoms with van der Waals surface area (Å²) in [7, 11) is 0. The smallest absolute Gasteiger partial charge is 0.268 e. The number of hydrogen-bond donors (Lipinski definition) is 2. The number of nitrogens with one attached hydrogen (secondary N) is 1. The number of carbonyl (C=O) groups excluding carboxylic acids is 1. The van der Waals surface area contributed by atoms with Crippen molar-refractivity contribution in [2.24, 2.45) is 0 Å². The Balaban J connectivity index is 2.46. The molecule has 92 valence electrons. The summed E-state index contributed by atoms with van der Waals surface area (Å²) in [6, 6.07) is 4.41. The Morgan fingerprint density at radius 2 is 2.00 bits per heavy atom. The molecule has 0 bridgehead atoms. The van der Waals surface area contributed by atoms with Crippen LogP contribution in [0.1, 0.15) is 31.1 Å². The van der Waals surface area contributed by atoms with E-state index in [-0.39, 0.29) is 11.5 Å². The maximum atomic E-state index is 12.4. The van der Waals surface area contributed by atoms with Crippen molar-refractivity contribution >= 4 is 11.6 Å². The molecule has 17 heavy (non-hydrogen) atoms. The molecular weight excluding hydrogens is 228 g/mol. The van der Waals surface area contributed by atoms with Crippen molar-refractivity contribution in [2.45, 2.75) is 31.8 Å². The van der Waals surface area contributed by atoms with Crippen LogP contribution in [0.25, 0.3) is 0 Å². The number of anilines is 1. The zero-order valence-electron chi connectivity index (χ0n) is 9.50. The van der Waals surface area contributed by atoms with Crippen LogP contribution in [0.15, 0.2) is 18.2 Å². The molecule has 2 rings (SSSR count). The van der Waals surface area contributed by atoms with Gasteiger partial charge in [0.05, 0.1) is 5.41 Å². The summed E-state index contributed by atoms with van der Waals surface area (Å²) in [6.45, 7) is 3.43. The molecule has 3 nitrogen and oxygen atoms in total. The second-order valence-electron chi connectivity index (χ2n) is 4.66. The number of fused-ring (bicyclic) bond motifs is 1. The molecule has 1 aromatic carbocycles. The lowest BCUT2D eigenvalue weighted by atomic mass is 9.85. The molecule has 1 aliphatic rings. The Morgan fingerprint density at radius 3 is 2.59 bits per heavy atom. The molecule has 0 aliphatic carbocycles. The number of amides is 1. The third-order valence-electron chi connectivity index (χ3n) is 3.11. The summed E-state index contributed by atoms with van der Waals surface area (Å²) in [5.41, 5.74) is 0.626. The first kappa shape index (κ1) is 12.0. The summed E-state index contributed by atoms with van der Waals surface area (Å²) in [6.07, 6.45) is -4.65. The molecule has 5 heteroatoms. The SMILES string of the molecule is CC1(C)C(=O)Nc2ccc(C(O)C(F)F)cc21. The Hall–Kier alpha value is -1.49. The average molecular weight is 241 g/mol. The molecule has 1 amide bonds.